The van der Waals surface area contributed by atoms with Crippen LogP contribution in [0.5, 0.6) is 5.75 Å². The number of hydrogen-bond donors (Lipinski definition) is 2. The molecule has 0 amide bonds. The van der Waals surface area contributed by atoms with Gasteiger partial charge in [-0.2, -0.15) is 0 Å². The Labute approximate surface area is 133 Å². The second kappa shape index (κ2) is 6.00. The molecule has 0 saturated carbocycles. The lowest BCUT2D eigenvalue weighted by Crippen LogP contribution is -2.12. The fourth-order valence-corrected chi connectivity index (χ4v) is 3.91. The van der Waals surface area contributed by atoms with Gasteiger partial charge in [0.05, 0.1) is 19.0 Å². The SMILES string of the molecule is COc1cc(C=O)c(Br)cc1NS(=O)(=O)c1cnc(N)s1. The molecule has 0 spiro atoms. The molecule has 0 aliphatic rings. The van der Waals surface area contributed by atoms with Gasteiger partial charge in [-0.1, -0.05) is 11.3 Å². The van der Waals surface area contributed by atoms with E-state index in [9.17, 15) is 13.2 Å². The predicted octanol–water partition coefficient (Wildman–Crippen LogP) is 2.11. The molecule has 0 radical (unpaired) electrons. The lowest BCUT2D eigenvalue weighted by molar-refractivity contribution is 0.112. The molecule has 0 fully saturated rings. The number of sulfonamides is 1. The number of hydrogen-bond acceptors (Lipinski definition) is 7. The summed E-state index contributed by atoms with van der Waals surface area (Å²) in [6.07, 6.45) is 1.80. The zero-order valence-corrected chi connectivity index (χ0v) is 13.9. The molecule has 0 aliphatic heterocycles. The Morgan fingerprint density at radius 2 is 2.19 bits per heavy atom. The van der Waals surface area contributed by atoms with Crippen LogP contribution in [0.1, 0.15) is 10.4 Å². The highest BCUT2D eigenvalue weighted by Gasteiger charge is 2.20. The number of carbonyl (C=O) groups is 1. The highest BCUT2D eigenvalue weighted by molar-refractivity contribution is 9.10. The summed E-state index contributed by atoms with van der Waals surface area (Å²) in [7, 11) is -2.45. The maximum atomic E-state index is 12.2. The van der Waals surface area contributed by atoms with E-state index < -0.39 is 10.0 Å². The number of thiazole rings is 1. The van der Waals surface area contributed by atoms with E-state index in [1.807, 2.05) is 0 Å². The van der Waals surface area contributed by atoms with Crippen LogP contribution in [0.3, 0.4) is 0 Å². The number of aromatic nitrogens is 1. The lowest BCUT2D eigenvalue weighted by atomic mass is 10.2. The van der Waals surface area contributed by atoms with Gasteiger partial charge in [-0.3, -0.25) is 9.52 Å². The molecule has 1 aromatic carbocycles. The maximum absolute atomic E-state index is 12.2. The van der Waals surface area contributed by atoms with Crippen LogP contribution in [0.25, 0.3) is 0 Å². The van der Waals surface area contributed by atoms with Crippen LogP contribution < -0.4 is 15.2 Å². The number of ether oxygens (including phenoxy) is 1. The number of benzene rings is 1. The van der Waals surface area contributed by atoms with Crippen LogP contribution in [-0.2, 0) is 10.0 Å². The predicted molar refractivity (Wildman–Crippen MR) is 83.4 cm³/mol. The van der Waals surface area contributed by atoms with E-state index in [1.54, 1.807) is 0 Å². The summed E-state index contributed by atoms with van der Waals surface area (Å²) in [5.74, 6) is 0.223. The van der Waals surface area contributed by atoms with Crippen LogP contribution in [0.2, 0.25) is 0 Å². The van der Waals surface area contributed by atoms with Crippen molar-refractivity contribution in [2.24, 2.45) is 0 Å². The number of nitrogens with zero attached hydrogens (tertiary/aromatic N) is 1. The Morgan fingerprint density at radius 1 is 1.48 bits per heavy atom. The van der Waals surface area contributed by atoms with Crippen molar-refractivity contribution in [3.05, 3.63) is 28.4 Å². The largest absolute Gasteiger partial charge is 0.495 e. The minimum atomic E-state index is -3.82. The van der Waals surface area contributed by atoms with E-state index in [-0.39, 0.29) is 20.8 Å². The average Bonchev–Trinajstić information content (AvgIpc) is 2.86. The van der Waals surface area contributed by atoms with Crippen molar-refractivity contribution in [1.29, 1.82) is 0 Å². The second-order valence-corrected chi connectivity index (χ2v) is 7.64. The van der Waals surface area contributed by atoms with Gasteiger partial charge in [0.1, 0.15) is 5.75 Å². The molecule has 0 unspecified atom stereocenters. The van der Waals surface area contributed by atoms with Gasteiger partial charge in [0.2, 0.25) is 0 Å². The molecule has 2 rings (SSSR count). The molecule has 112 valence electrons. The van der Waals surface area contributed by atoms with Crippen LogP contribution >= 0.6 is 27.3 Å². The van der Waals surface area contributed by atoms with Gasteiger partial charge in [-0.15, -0.1) is 0 Å². The fourth-order valence-electron chi connectivity index (χ4n) is 1.50. The number of nitrogens with two attached hydrogens (primary N) is 1. The topological polar surface area (TPSA) is 111 Å². The summed E-state index contributed by atoms with van der Waals surface area (Å²) in [4.78, 5) is 14.6. The minimum Gasteiger partial charge on any atom is -0.495 e. The number of carbonyl (C=O) groups excluding carboxylic acids is 1. The normalized spacial score (nSPS) is 11.1. The summed E-state index contributed by atoms with van der Waals surface area (Å²) in [6.45, 7) is 0. The summed E-state index contributed by atoms with van der Waals surface area (Å²) >= 11 is 4.03. The van der Waals surface area contributed by atoms with Crippen molar-refractivity contribution in [2.45, 2.75) is 4.21 Å². The molecule has 21 heavy (non-hydrogen) atoms. The quantitative estimate of drug-likeness (QED) is 0.754. The molecule has 0 saturated heterocycles. The van der Waals surface area contributed by atoms with Gasteiger partial charge in [-0.05, 0) is 28.1 Å². The molecule has 0 atom stereocenters. The molecule has 10 heteroatoms. The van der Waals surface area contributed by atoms with Gasteiger partial charge >= 0.3 is 0 Å². The third kappa shape index (κ3) is 3.34. The first-order chi connectivity index (χ1) is 9.87. The van der Waals surface area contributed by atoms with Gasteiger partial charge < -0.3 is 10.5 Å². The Bertz CT molecular complexity index is 789. The third-order valence-corrected chi connectivity index (χ3v) is 5.80. The minimum absolute atomic E-state index is 0.0161. The Balaban J connectivity index is 2.43. The first-order valence-electron chi connectivity index (χ1n) is 5.44. The highest BCUT2D eigenvalue weighted by Crippen LogP contribution is 2.33. The van der Waals surface area contributed by atoms with Crippen LogP contribution in [0.4, 0.5) is 10.8 Å². The van der Waals surface area contributed by atoms with E-state index in [4.69, 9.17) is 10.5 Å². The zero-order chi connectivity index (χ0) is 15.6. The number of rotatable bonds is 5. The van der Waals surface area contributed by atoms with Gasteiger partial charge in [0.15, 0.2) is 15.6 Å². The Morgan fingerprint density at radius 3 is 2.71 bits per heavy atom. The van der Waals surface area contributed by atoms with Crippen molar-refractivity contribution in [3.8, 4) is 5.75 Å². The third-order valence-electron chi connectivity index (χ3n) is 2.46. The number of methoxy groups -OCH3 is 1. The van der Waals surface area contributed by atoms with Crippen LogP contribution in [0, 0.1) is 0 Å². The smallest absolute Gasteiger partial charge is 0.273 e. The van der Waals surface area contributed by atoms with Crippen molar-refractivity contribution in [2.75, 3.05) is 17.6 Å². The molecule has 0 bridgehead atoms. The first kappa shape index (κ1) is 15.7. The standard InChI is InChI=1S/C11H10BrN3O4S2/c1-19-9-2-6(5-16)7(12)3-8(9)15-21(17,18)10-4-14-11(13)20-10/h2-5,15H,1H3,(H2,13,14). The van der Waals surface area contributed by atoms with Crippen molar-refractivity contribution >= 4 is 54.4 Å². The highest BCUT2D eigenvalue weighted by atomic mass is 79.9. The van der Waals surface area contributed by atoms with Crippen molar-refractivity contribution in [3.63, 3.8) is 0 Å². The second-order valence-electron chi connectivity index (χ2n) is 3.81. The van der Waals surface area contributed by atoms with Crippen LogP contribution in [-0.4, -0.2) is 26.8 Å². The molecule has 0 aliphatic carbocycles. The maximum Gasteiger partial charge on any atom is 0.273 e. The lowest BCUT2D eigenvalue weighted by Gasteiger charge is -2.12. The van der Waals surface area contributed by atoms with E-state index in [0.717, 1.165) is 11.3 Å². The summed E-state index contributed by atoms with van der Waals surface area (Å²) < 4.78 is 32.3. The van der Waals surface area contributed by atoms with Gasteiger partial charge in [-0.25, -0.2) is 13.4 Å². The summed E-state index contributed by atoms with van der Waals surface area (Å²) in [5, 5.41) is 0.153. The molecule has 2 aromatic rings. The van der Waals surface area contributed by atoms with E-state index >= 15 is 0 Å². The number of nitrogens with one attached hydrogen (secondary N) is 1. The average molecular weight is 392 g/mol. The molecule has 1 heterocycles. The zero-order valence-electron chi connectivity index (χ0n) is 10.7. The summed E-state index contributed by atoms with van der Waals surface area (Å²) in [5.41, 5.74) is 5.97. The number of nitrogen functional groups attached to an aromatic ring is 1. The fraction of sp³-hybridized carbons (Fsp3) is 0.0909. The number of anilines is 2. The molecule has 7 nitrogen and oxygen atoms in total. The molecule has 3 N–H and O–H groups in total. The van der Waals surface area contributed by atoms with E-state index in [2.05, 4.69) is 25.6 Å². The number of aldehydes is 1. The monoisotopic (exact) mass is 391 g/mol. The molecular weight excluding hydrogens is 382 g/mol. The van der Waals surface area contributed by atoms with Crippen molar-refractivity contribution < 1.29 is 17.9 Å². The summed E-state index contributed by atoms with van der Waals surface area (Å²) in [6, 6.07) is 2.88. The number of halogens is 1. The molecule has 1 aromatic heterocycles. The van der Waals surface area contributed by atoms with Gasteiger partial charge in [0, 0.05) is 10.0 Å². The van der Waals surface area contributed by atoms with E-state index in [0.29, 0.717) is 16.3 Å². The Hall–Kier alpha value is -1.65. The van der Waals surface area contributed by atoms with Crippen molar-refractivity contribution in [1.82, 2.24) is 4.98 Å². The Kier molecular flexibility index (Phi) is 4.49. The van der Waals surface area contributed by atoms with E-state index in [1.165, 1.54) is 25.4 Å². The first-order valence-corrected chi connectivity index (χ1v) is 8.53. The van der Waals surface area contributed by atoms with Crippen LogP contribution in [0.15, 0.2) is 27.0 Å². The van der Waals surface area contributed by atoms with Gasteiger partial charge in [0.25, 0.3) is 10.0 Å². The molecular formula is C11H10BrN3O4S2.